The first-order valence-electron chi connectivity index (χ1n) is 10.1. The van der Waals surface area contributed by atoms with Gasteiger partial charge in [-0.25, -0.2) is 4.39 Å². The van der Waals surface area contributed by atoms with Crippen LogP contribution in [0, 0.1) is 11.7 Å². The predicted molar refractivity (Wildman–Crippen MR) is 102 cm³/mol. The van der Waals surface area contributed by atoms with Crippen molar-refractivity contribution in [3.63, 3.8) is 0 Å². The minimum absolute atomic E-state index is 0.0749. The zero-order valence-electron chi connectivity index (χ0n) is 16.5. The lowest BCUT2D eigenvalue weighted by atomic mass is 10.0. The Morgan fingerprint density at radius 1 is 1.18 bits per heavy atom. The molecule has 0 radical (unpaired) electrons. The number of aromatic nitrogens is 2. The summed E-state index contributed by atoms with van der Waals surface area (Å²) in [4.78, 5) is 17.1. The van der Waals surface area contributed by atoms with E-state index < -0.39 is 0 Å². The van der Waals surface area contributed by atoms with Crippen LogP contribution in [0.4, 0.5) is 4.39 Å². The van der Waals surface area contributed by atoms with Gasteiger partial charge in [0, 0.05) is 38.0 Å². The van der Waals surface area contributed by atoms with Crippen molar-refractivity contribution < 1.29 is 13.6 Å². The minimum atomic E-state index is -0.261. The first-order chi connectivity index (χ1) is 13.5. The second kappa shape index (κ2) is 7.99. The maximum absolute atomic E-state index is 13.2. The van der Waals surface area contributed by atoms with Gasteiger partial charge in [-0.05, 0) is 36.5 Å². The molecule has 1 saturated heterocycles. The molecule has 150 valence electrons. The van der Waals surface area contributed by atoms with Gasteiger partial charge in [-0.3, -0.25) is 9.69 Å². The second-order valence-corrected chi connectivity index (χ2v) is 8.25. The van der Waals surface area contributed by atoms with E-state index in [0.717, 1.165) is 30.8 Å². The number of hydrogen-bond donors (Lipinski definition) is 0. The van der Waals surface area contributed by atoms with Crippen molar-refractivity contribution in [2.45, 2.75) is 58.2 Å². The molecule has 6 nitrogen and oxygen atoms in total. The van der Waals surface area contributed by atoms with E-state index in [2.05, 4.69) is 28.9 Å². The zero-order valence-corrected chi connectivity index (χ0v) is 16.5. The summed E-state index contributed by atoms with van der Waals surface area (Å²) in [6.07, 6.45) is 2.72. The Balaban J connectivity index is 1.47. The van der Waals surface area contributed by atoms with Gasteiger partial charge in [-0.1, -0.05) is 26.0 Å². The average Bonchev–Trinajstić information content (AvgIpc) is 3.44. The quantitative estimate of drug-likeness (QED) is 0.762. The summed E-state index contributed by atoms with van der Waals surface area (Å²) in [5, 5.41) is 8.36. The van der Waals surface area contributed by atoms with E-state index in [0.29, 0.717) is 43.8 Å². The molecular weight excluding hydrogens is 359 g/mol. The van der Waals surface area contributed by atoms with Crippen LogP contribution in [0.15, 0.2) is 28.7 Å². The number of carbonyl (C=O) groups excluding carboxylic acids is 1. The van der Waals surface area contributed by atoms with Crippen molar-refractivity contribution in [1.82, 2.24) is 20.0 Å². The van der Waals surface area contributed by atoms with Crippen LogP contribution in [0.25, 0.3) is 0 Å². The lowest BCUT2D eigenvalue weighted by Gasteiger charge is -2.34. The average molecular weight is 386 g/mol. The van der Waals surface area contributed by atoms with Crippen LogP contribution in [0.2, 0.25) is 0 Å². The fourth-order valence-corrected chi connectivity index (χ4v) is 3.76. The normalized spacial score (nSPS) is 21.4. The fourth-order valence-electron chi connectivity index (χ4n) is 3.76. The third-order valence-corrected chi connectivity index (χ3v) is 5.61. The first kappa shape index (κ1) is 19.1. The van der Waals surface area contributed by atoms with Crippen molar-refractivity contribution in [3.8, 4) is 0 Å². The first-order valence-corrected chi connectivity index (χ1v) is 10.1. The summed E-state index contributed by atoms with van der Waals surface area (Å²) in [5.41, 5.74) is 0.944. The summed E-state index contributed by atoms with van der Waals surface area (Å²) in [6.45, 7) is 6.77. The van der Waals surface area contributed by atoms with Gasteiger partial charge < -0.3 is 9.32 Å². The van der Waals surface area contributed by atoms with Crippen LogP contribution in [0.3, 0.4) is 0 Å². The molecular formula is C21H27FN4O2. The predicted octanol–water partition coefficient (Wildman–Crippen LogP) is 3.35. The van der Waals surface area contributed by atoms with E-state index in [-0.39, 0.29) is 17.8 Å². The van der Waals surface area contributed by atoms with Gasteiger partial charge in [-0.15, -0.1) is 10.2 Å². The molecule has 2 aliphatic rings. The number of benzene rings is 1. The molecule has 7 heteroatoms. The van der Waals surface area contributed by atoms with Gasteiger partial charge in [0.1, 0.15) is 5.82 Å². The molecule has 0 bridgehead atoms. The molecule has 4 rings (SSSR count). The fraction of sp³-hybridized carbons (Fsp3) is 0.571. The monoisotopic (exact) mass is 386 g/mol. The molecule has 2 aromatic rings. The van der Waals surface area contributed by atoms with Crippen LogP contribution in [-0.2, 0) is 17.9 Å². The molecule has 1 aromatic heterocycles. The third-order valence-electron chi connectivity index (χ3n) is 5.61. The number of rotatable bonds is 6. The van der Waals surface area contributed by atoms with Crippen LogP contribution >= 0.6 is 0 Å². The molecule has 1 aromatic carbocycles. The van der Waals surface area contributed by atoms with Crippen molar-refractivity contribution >= 4 is 5.91 Å². The number of hydrogen-bond acceptors (Lipinski definition) is 5. The van der Waals surface area contributed by atoms with Crippen LogP contribution < -0.4 is 0 Å². The number of halogens is 1. The zero-order chi connectivity index (χ0) is 19.7. The highest BCUT2D eigenvalue weighted by atomic mass is 19.1. The Hall–Kier alpha value is -2.28. The van der Waals surface area contributed by atoms with Gasteiger partial charge in [-0.2, -0.15) is 0 Å². The maximum Gasteiger partial charge on any atom is 0.230 e. The number of carbonyl (C=O) groups is 1. The van der Waals surface area contributed by atoms with Crippen molar-refractivity contribution in [3.05, 3.63) is 47.4 Å². The smallest absolute Gasteiger partial charge is 0.230 e. The van der Waals surface area contributed by atoms with Crippen molar-refractivity contribution in [1.29, 1.82) is 0 Å². The van der Waals surface area contributed by atoms with Gasteiger partial charge in [0.15, 0.2) is 0 Å². The number of amides is 1. The van der Waals surface area contributed by atoms with E-state index >= 15 is 0 Å². The van der Waals surface area contributed by atoms with Crippen molar-refractivity contribution in [2.75, 3.05) is 13.1 Å². The van der Waals surface area contributed by atoms with Gasteiger partial charge >= 0.3 is 0 Å². The molecule has 1 aliphatic carbocycles. The highest BCUT2D eigenvalue weighted by Crippen LogP contribution is 2.39. The third kappa shape index (κ3) is 4.41. The Bertz CT molecular complexity index is 816. The topological polar surface area (TPSA) is 62.5 Å². The molecule has 28 heavy (non-hydrogen) atoms. The van der Waals surface area contributed by atoms with E-state index in [9.17, 15) is 9.18 Å². The summed E-state index contributed by atoms with van der Waals surface area (Å²) in [5.74, 6) is 2.00. The molecule has 1 unspecified atom stereocenters. The highest BCUT2D eigenvalue weighted by molar-refractivity contribution is 5.77. The maximum atomic E-state index is 13.2. The highest BCUT2D eigenvalue weighted by Gasteiger charge is 2.33. The second-order valence-electron chi connectivity index (χ2n) is 8.25. The van der Waals surface area contributed by atoms with Crippen LogP contribution in [0.5, 0.6) is 0 Å². The molecule has 0 spiro atoms. The van der Waals surface area contributed by atoms with Gasteiger partial charge in [0.05, 0.1) is 6.54 Å². The molecule has 2 fully saturated rings. The molecule has 2 heterocycles. The largest absolute Gasteiger partial charge is 0.424 e. The molecule has 1 aliphatic heterocycles. The summed E-state index contributed by atoms with van der Waals surface area (Å²) >= 11 is 0. The summed E-state index contributed by atoms with van der Waals surface area (Å²) < 4.78 is 19.0. The van der Waals surface area contributed by atoms with Crippen molar-refractivity contribution in [2.24, 2.45) is 5.92 Å². The molecule has 1 saturated carbocycles. The summed E-state index contributed by atoms with van der Waals surface area (Å²) in [7, 11) is 0. The Morgan fingerprint density at radius 3 is 2.61 bits per heavy atom. The molecule has 0 N–H and O–H groups in total. The number of nitrogens with zero attached hydrogens (tertiary/aromatic N) is 4. The SMILES string of the molecule is CC(C)C1CN(Cc2nnc(C3CC3)o2)CCC(=O)N1Cc1ccc(F)cc1. The van der Waals surface area contributed by atoms with Crippen LogP contribution in [0.1, 0.15) is 56.4 Å². The van der Waals surface area contributed by atoms with E-state index in [4.69, 9.17) is 4.42 Å². The Labute approximate surface area is 164 Å². The van der Waals surface area contributed by atoms with Crippen LogP contribution in [-0.4, -0.2) is 45.0 Å². The van der Waals surface area contributed by atoms with E-state index in [1.165, 1.54) is 12.1 Å². The van der Waals surface area contributed by atoms with Gasteiger partial charge in [0.2, 0.25) is 17.7 Å². The summed E-state index contributed by atoms with van der Waals surface area (Å²) in [6, 6.07) is 6.47. The molecule has 1 amide bonds. The molecule has 1 atom stereocenters. The Kier molecular flexibility index (Phi) is 5.44. The standard InChI is InChI=1S/C21H27FN4O2/c1-14(2)18-12-25(13-19-23-24-21(28-19)16-5-6-16)10-9-20(27)26(18)11-15-3-7-17(22)8-4-15/h3-4,7-8,14,16,18H,5-6,9-13H2,1-2H3. The minimum Gasteiger partial charge on any atom is -0.424 e. The Morgan fingerprint density at radius 2 is 1.93 bits per heavy atom. The lowest BCUT2D eigenvalue weighted by molar-refractivity contribution is -0.134. The van der Waals surface area contributed by atoms with E-state index in [1.807, 2.05) is 4.90 Å². The van der Waals surface area contributed by atoms with E-state index in [1.54, 1.807) is 12.1 Å². The van der Waals surface area contributed by atoms with Gasteiger partial charge in [0.25, 0.3) is 0 Å². The lowest BCUT2D eigenvalue weighted by Crippen LogP contribution is -2.45.